The highest BCUT2D eigenvalue weighted by atomic mass is 19.4. The Morgan fingerprint density at radius 2 is 1.83 bits per heavy atom. The summed E-state index contributed by atoms with van der Waals surface area (Å²) in [5.74, 6) is -0.300. The van der Waals surface area contributed by atoms with Crippen LogP contribution in [0.25, 0.3) is 0 Å². The highest BCUT2D eigenvalue weighted by Crippen LogP contribution is 2.32. The van der Waals surface area contributed by atoms with Gasteiger partial charge in [-0.05, 0) is 30.7 Å². The van der Waals surface area contributed by atoms with Gasteiger partial charge >= 0.3 is 6.18 Å². The zero-order valence-corrected chi connectivity index (χ0v) is 16.3. The van der Waals surface area contributed by atoms with Crippen LogP contribution in [0.15, 0.2) is 42.5 Å². The molecule has 7 nitrogen and oxygen atoms in total. The molecule has 0 unspecified atom stereocenters. The second kappa shape index (κ2) is 8.70. The van der Waals surface area contributed by atoms with Gasteiger partial charge in [0, 0.05) is 44.0 Å². The van der Waals surface area contributed by atoms with Gasteiger partial charge < -0.3 is 10.2 Å². The van der Waals surface area contributed by atoms with Crippen LogP contribution < -0.4 is 10.2 Å². The summed E-state index contributed by atoms with van der Waals surface area (Å²) in [5.41, 5.74) is 0.806. The summed E-state index contributed by atoms with van der Waals surface area (Å²) in [6.07, 6.45) is -4.39. The van der Waals surface area contributed by atoms with Crippen molar-refractivity contribution < 1.29 is 22.9 Å². The van der Waals surface area contributed by atoms with Crippen molar-refractivity contribution in [1.29, 1.82) is 0 Å². The second-order valence-electron chi connectivity index (χ2n) is 7.12. The molecule has 0 aromatic heterocycles. The summed E-state index contributed by atoms with van der Waals surface area (Å²) in [5, 5.41) is 13.6. The number of nitrogens with one attached hydrogen (secondary N) is 1. The Morgan fingerprint density at radius 3 is 2.47 bits per heavy atom. The van der Waals surface area contributed by atoms with Gasteiger partial charge in [0.05, 0.1) is 22.7 Å². The van der Waals surface area contributed by atoms with E-state index in [1.807, 2.05) is 9.80 Å². The second-order valence-corrected chi connectivity index (χ2v) is 7.12. The third kappa shape index (κ3) is 5.26. The van der Waals surface area contributed by atoms with Gasteiger partial charge in [-0.2, -0.15) is 13.2 Å². The van der Waals surface area contributed by atoms with Crippen LogP contribution in [0, 0.1) is 17.0 Å². The molecule has 1 aliphatic heterocycles. The molecule has 0 saturated carbocycles. The number of nitrogens with zero attached hydrogens (tertiary/aromatic N) is 3. The molecule has 0 atom stereocenters. The molecule has 30 heavy (non-hydrogen) atoms. The fourth-order valence-electron chi connectivity index (χ4n) is 3.29. The minimum Gasteiger partial charge on any atom is -0.369 e. The number of anilines is 2. The Balaban J connectivity index is 1.56. The van der Waals surface area contributed by atoms with E-state index in [0.717, 1.165) is 12.1 Å². The lowest BCUT2D eigenvalue weighted by atomic mass is 10.1. The predicted molar refractivity (Wildman–Crippen MR) is 107 cm³/mol. The molecule has 10 heteroatoms. The number of non-ortho nitro benzene ring substituents is 1. The number of amides is 1. The van der Waals surface area contributed by atoms with Crippen LogP contribution >= 0.6 is 0 Å². The fourth-order valence-corrected chi connectivity index (χ4v) is 3.29. The van der Waals surface area contributed by atoms with Crippen molar-refractivity contribution in [2.24, 2.45) is 0 Å². The van der Waals surface area contributed by atoms with Gasteiger partial charge in [-0.3, -0.25) is 19.8 Å². The molecule has 1 amide bonds. The molecule has 1 saturated heterocycles. The topological polar surface area (TPSA) is 78.7 Å². The number of carbonyl (C=O) groups is 1. The minimum atomic E-state index is -4.39. The van der Waals surface area contributed by atoms with Crippen molar-refractivity contribution in [3.63, 3.8) is 0 Å². The van der Waals surface area contributed by atoms with Crippen LogP contribution in [0.3, 0.4) is 0 Å². The van der Waals surface area contributed by atoms with Gasteiger partial charge in [0.2, 0.25) is 5.91 Å². The first-order valence-corrected chi connectivity index (χ1v) is 9.33. The Hall–Kier alpha value is -3.14. The summed E-state index contributed by atoms with van der Waals surface area (Å²) in [6, 6.07) is 9.47. The van der Waals surface area contributed by atoms with Crippen LogP contribution in [0.2, 0.25) is 0 Å². The number of aryl methyl sites for hydroxylation is 1. The number of hydrogen-bond donors (Lipinski definition) is 1. The number of hydrogen-bond acceptors (Lipinski definition) is 5. The zero-order valence-electron chi connectivity index (χ0n) is 16.3. The summed E-state index contributed by atoms with van der Waals surface area (Å²) in [4.78, 5) is 26.5. The Morgan fingerprint density at radius 1 is 1.13 bits per heavy atom. The van der Waals surface area contributed by atoms with Crippen LogP contribution in [0.5, 0.6) is 0 Å². The molecule has 1 heterocycles. The molecule has 2 aromatic carbocycles. The van der Waals surface area contributed by atoms with Crippen molar-refractivity contribution >= 4 is 23.0 Å². The lowest BCUT2D eigenvalue weighted by molar-refractivity contribution is -0.384. The zero-order chi connectivity index (χ0) is 21.9. The van der Waals surface area contributed by atoms with E-state index < -0.39 is 16.7 Å². The van der Waals surface area contributed by atoms with E-state index in [1.54, 1.807) is 19.1 Å². The molecule has 0 bridgehead atoms. The van der Waals surface area contributed by atoms with Crippen LogP contribution in [0.4, 0.5) is 30.2 Å². The van der Waals surface area contributed by atoms with E-state index >= 15 is 0 Å². The third-order valence-corrected chi connectivity index (χ3v) is 4.98. The maximum Gasteiger partial charge on any atom is 0.416 e. The first kappa shape index (κ1) is 21.6. The summed E-state index contributed by atoms with van der Waals surface area (Å²) in [7, 11) is 0. The average Bonchev–Trinajstić information content (AvgIpc) is 2.69. The number of rotatable bonds is 5. The molecule has 2 aromatic rings. The van der Waals surface area contributed by atoms with E-state index in [4.69, 9.17) is 0 Å². The van der Waals surface area contributed by atoms with Crippen LogP contribution in [0.1, 0.15) is 11.1 Å². The molecule has 0 aliphatic carbocycles. The number of benzene rings is 2. The van der Waals surface area contributed by atoms with Crippen molar-refractivity contribution in [3.8, 4) is 0 Å². The van der Waals surface area contributed by atoms with E-state index in [-0.39, 0.29) is 18.1 Å². The Kier molecular flexibility index (Phi) is 6.25. The van der Waals surface area contributed by atoms with Gasteiger partial charge in [-0.15, -0.1) is 0 Å². The van der Waals surface area contributed by atoms with Crippen LogP contribution in [-0.4, -0.2) is 48.5 Å². The van der Waals surface area contributed by atoms with Gasteiger partial charge in [0.15, 0.2) is 0 Å². The standard InChI is InChI=1S/C20H21F3N4O3/c1-14-5-6-17(27(29)30)12-18(14)24-19(28)13-25-7-9-26(10-8-25)16-4-2-3-15(11-16)20(21,22)23/h2-6,11-12H,7-10,13H2,1H3,(H,24,28). The number of carbonyl (C=O) groups excluding carboxylic acids is 1. The van der Waals surface area contributed by atoms with E-state index in [0.29, 0.717) is 43.1 Å². The first-order chi connectivity index (χ1) is 14.1. The minimum absolute atomic E-state index is 0.0958. The summed E-state index contributed by atoms with van der Waals surface area (Å²) >= 11 is 0. The number of halogens is 3. The highest BCUT2D eigenvalue weighted by Gasteiger charge is 2.31. The number of nitro groups is 1. The van der Waals surface area contributed by atoms with Crippen molar-refractivity contribution in [2.75, 3.05) is 42.9 Å². The molecule has 0 radical (unpaired) electrons. The first-order valence-electron chi connectivity index (χ1n) is 9.33. The fraction of sp³-hybridized carbons (Fsp3) is 0.350. The molecular formula is C20H21F3N4O3. The largest absolute Gasteiger partial charge is 0.416 e. The molecule has 3 rings (SSSR count). The molecule has 160 valence electrons. The van der Waals surface area contributed by atoms with Gasteiger partial charge in [0.1, 0.15) is 0 Å². The molecule has 0 spiro atoms. The SMILES string of the molecule is Cc1ccc([N+](=O)[O-])cc1NC(=O)CN1CCN(c2cccc(C(F)(F)F)c2)CC1. The van der Waals surface area contributed by atoms with Gasteiger partial charge in [-0.25, -0.2) is 0 Å². The van der Waals surface area contributed by atoms with E-state index in [9.17, 15) is 28.1 Å². The number of alkyl halides is 3. The van der Waals surface area contributed by atoms with Crippen molar-refractivity contribution in [3.05, 3.63) is 63.7 Å². The molecule has 1 aliphatic rings. The van der Waals surface area contributed by atoms with Gasteiger partial charge in [-0.1, -0.05) is 12.1 Å². The lowest BCUT2D eigenvalue weighted by Gasteiger charge is -2.36. The number of nitro benzene ring substituents is 1. The van der Waals surface area contributed by atoms with Crippen molar-refractivity contribution in [2.45, 2.75) is 13.1 Å². The number of piperazine rings is 1. The molecule has 1 fully saturated rings. The van der Waals surface area contributed by atoms with Crippen molar-refractivity contribution in [1.82, 2.24) is 4.90 Å². The lowest BCUT2D eigenvalue weighted by Crippen LogP contribution is -2.48. The Labute approximate surface area is 171 Å². The highest BCUT2D eigenvalue weighted by molar-refractivity contribution is 5.93. The molecule has 1 N–H and O–H groups in total. The smallest absolute Gasteiger partial charge is 0.369 e. The average molecular weight is 422 g/mol. The van der Waals surface area contributed by atoms with Gasteiger partial charge in [0.25, 0.3) is 5.69 Å². The summed E-state index contributed by atoms with van der Waals surface area (Å²) in [6.45, 7) is 3.84. The molecular weight excluding hydrogens is 401 g/mol. The monoisotopic (exact) mass is 422 g/mol. The van der Waals surface area contributed by atoms with Crippen LogP contribution in [-0.2, 0) is 11.0 Å². The normalized spacial score (nSPS) is 15.1. The Bertz CT molecular complexity index is 941. The quantitative estimate of drug-likeness (QED) is 0.588. The van der Waals surface area contributed by atoms with E-state index in [2.05, 4.69) is 5.32 Å². The summed E-state index contributed by atoms with van der Waals surface area (Å²) < 4.78 is 38.7. The van der Waals surface area contributed by atoms with E-state index in [1.165, 1.54) is 18.2 Å². The third-order valence-electron chi connectivity index (χ3n) is 4.98. The maximum atomic E-state index is 12.9. The maximum absolute atomic E-state index is 12.9. The predicted octanol–water partition coefficient (Wildman–Crippen LogP) is 3.68.